The zero-order valence-electron chi connectivity index (χ0n) is 13.4. The highest BCUT2D eigenvalue weighted by atomic mass is 16.5. The van der Waals surface area contributed by atoms with Crippen LogP contribution in [0.2, 0.25) is 0 Å². The summed E-state index contributed by atoms with van der Waals surface area (Å²) in [4.78, 5) is 4.59. The number of unbranched alkanes of at least 4 members (excludes halogenated alkanes) is 1. The van der Waals surface area contributed by atoms with Crippen LogP contribution in [0.5, 0.6) is 5.75 Å². The Kier molecular flexibility index (Phi) is 6.00. The van der Waals surface area contributed by atoms with Gasteiger partial charge in [0.05, 0.1) is 6.61 Å². The lowest BCUT2D eigenvalue weighted by molar-refractivity contribution is 0.308. The molecule has 0 radical (unpaired) electrons. The smallest absolute Gasteiger partial charge is 0.145 e. The Morgan fingerprint density at radius 1 is 1.14 bits per heavy atom. The molecule has 1 aromatic carbocycles. The molecule has 0 amide bonds. The van der Waals surface area contributed by atoms with Gasteiger partial charge in [-0.25, -0.2) is 4.98 Å². The van der Waals surface area contributed by atoms with Crippen LogP contribution in [0.25, 0.3) is 10.9 Å². The third-order valence-electron chi connectivity index (χ3n) is 3.38. The van der Waals surface area contributed by atoms with E-state index >= 15 is 0 Å². The molecule has 1 aromatic heterocycles. The van der Waals surface area contributed by atoms with Crippen LogP contribution in [-0.4, -0.2) is 24.7 Å². The SMILES string of the molecule is Cc1ccc2cccc(OCCCCNCC(C)C)c2n1. The first-order valence-corrected chi connectivity index (χ1v) is 7.86. The zero-order valence-corrected chi connectivity index (χ0v) is 13.4. The monoisotopic (exact) mass is 286 g/mol. The summed E-state index contributed by atoms with van der Waals surface area (Å²) in [6.07, 6.45) is 2.21. The summed E-state index contributed by atoms with van der Waals surface area (Å²) in [5.74, 6) is 1.61. The van der Waals surface area contributed by atoms with Crippen molar-refractivity contribution in [2.75, 3.05) is 19.7 Å². The van der Waals surface area contributed by atoms with Gasteiger partial charge in [-0.3, -0.25) is 0 Å². The summed E-state index contributed by atoms with van der Waals surface area (Å²) < 4.78 is 5.91. The fraction of sp³-hybridized carbons (Fsp3) is 0.500. The number of benzene rings is 1. The molecule has 0 saturated heterocycles. The van der Waals surface area contributed by atoms with Crippen LogP contribution in [0.4, 0.5) is 0 Å². The number of aryl methyl sites for hydroxylation is 1. The Labute approximate surface area is 127 Å². The molecule has 0 fully saturated rings. The van der Waals surface area contributed by atoms with Crippen LogP contribution >= 0.6 is 0 Å². The number of aromatic nitrogens is 1. The van der Waals surface area contributed by atoms with Crippen molar-refractivity contribution in [1.29, 1.82) is 0 Å². The van der Waals surface area contributed by atoms with Gasteiger partial charge in [0.25, 0.3) is 0 Å². The molecule has 0 saturated carbocycles. The normalized spacial score (nSPS) is 11.2. The second-order valence-electron chi connectivity index (χ2n) is 5.93. The highest BCUT2D eigenvalue weighted by molar-refractivity contribution is 5.84. The van der Waals surface area contributed by atoms with Gasteiger partial charge in [0, 0.05) is 11.1 Å². The van der Waals surface area contributed by atoms with Gasteiger partial charge in [-0.1, -0.05) is 32.0 Å². The first-order valence-electron chi connectivity index (χ1n) is 7.86. The Bertz CT molecular complexity index is 566. The van der Waals surface area contributed by atoms with E-state index in [1.54, 1.807) is 0 Å². The summed E-state index contributed by atoms with van der Waals surface area (Å²) in [6.45, 7) is 9.37. The van der Waals surface area contributed by atoms with E-state index in [-0.39, 0.29) is 0 Å². The average molecular weight is 286 g/mol. The number of para-hydroxylation sites is 1. The Balaban J connectivity index is 1.80. The molecule has 21 heavy (non-hydrogen) atoms. The molecule has 1 heterocycles. The molecule has 0 aliphatic carbocycles. The van der Waals surface area contributed by atoms with Crippen molar-refractivity contribution in [3.8, 4) is 5.75 Å². The van der Waals surface area contributed by atoms with Gasteiger partial charge in [-0.2, -0.15) is 0 Å². The molecular weight excluding hydrogens is 260 g/mol. The number of hydrogen-bond donors (Lipinski definition) is 1. The summed E-state index contributed by atoms with van der Waals surface area (Å²) in [7, 11) is 0. The first-order chi connectivity index (χ1) is 10.2. The minimum Gasteiger partial charge on any atom is -0.491 e. The first kappa shape index (κ1) is 15.8. The molecule has 1 N–H and O–H groups in total. The van der Waals surface area contributed by atoms with Crippen LogP contribution in [-0.2, 0) is 0 Å². The quantitative estimate of drug-likeness (QED) is 0.746. The van der Waals surface area contributed by atoms with Crippen molar-refractivity contribution in [1.82, 2.24) is 10.3 Å². The second-order valence-corrected chi connectivity index (χ2v) is 5.93. The third kappa shape index (κ3) is 5.01. The van der Waals surface area contributed by atoms with Crippen LogP contribution < -0.4 is 10.1 Å². The van der Waals surface area contributed by atoms with Crippen molar-refractivity contribution in [3.05, 3.63) is 36.0 Å². The molecule has 114 valence electrons. The minimum absolute atomic E-state index is 0.714. The lowest BCUT2D eigenvalue weighted by Gasteiger charge is -2.10. The molecule has 3 heteroatoms. The number of ether oxygens (including phenoxy) is 1. The van der Waals surface area contributed by atoms with Crippen LogP contribution in [0.15, 0.2) is 30.3 Å². The average Bonchev–Trinajstić information content (AvgIpc) is 2.46. The van der Waals surface area contributed by atoms with Gasteiger partial charge < -0.3 is 10.1 Å². The number of fused-ring (bicyclic) bond motifs is 1. The number of nitrogens with zero attached hydrogens (tertiary/aromatic N) is 1. The summed E-state index contributed by atoms with van der Waals surface area (Å²) in [5, 5.41) is 4.59. The lowest BCUT2D eigenvalue weighted by Crippen LogP contribution is -2.21. The van der Waals surface area contributed by atoms with E-state index < -0.39 is 0 Å². The van der Waals surface area contributed by atoms with E-state index in [0.717, 1.165) is 54.9 Å². The molecule has 2 aromatic rings. The van der Waals surface area contributed by atoms with Crippen LogP contribution in [0.1, 0.15) is 32.4 Å². The van der Waals surface area contributed by atoms with Crippen LogP contribution in [0.3, 0.4) is 0 Å². The molecule has 0 bridgehead atoms. The minimum atomic E-state index is 0.714. The standard InChI is InChI=1S/C18H26N2O/c1-14(2)13-19-11-4-5-12-21-17-8-6-7-16-10-9-15(3)20-18(16)17/h6-10,14,19H,4-5,11-13H2,1-3H3. The summed E-state index contributed by atoms with van der Waals surface area (Å²) >= 11 is 0. The molecule has 3 nitrogen and oxygen atoms in total. The molecule has 0 unspecified atom stereocenters. The Morgan fingerprint density at radius 2 is 2.00 bits per heavy atom. The molecular formula is C18H26N2O. The van der Waals surface area contributed by atoms with Gasteiger partial charge in [-0.15, -0.1) is 0 Å². The van der Waals surface area contributed by atoms with Crippen molar-refractivity contribution >= 4 is 10.9 Å². The largest absolute Gasteiger partial charge is 0.491 e. The number of nitrogens with one attached hydrogen (secondary N) is 1. The maximum absolute atomic E-state index is 5.91. The molecule has 2 rings (SSSR count). The molecule has 0 spiro atoms. The molecule has 0 aliphatic rings. The summed E-state index contributed by atoms with van der Waals surface area (Å²) in [6, 6.07) is 10.2. The van der Waals surface area contributed by atoms with Crippen molar-refractivity contribution in [2.24, 2.45) is 5.92 Å². The summed E-state index contributed by atoms with van der Waals surface area (Å²) in [5.41, 5.74) is 1.99. The zero-order chi connectivity index (χ0) is 15.1. The maximum atomic E-state index is 5.91. The van der Waals surface area contributed by atoms with Gasteiger partial charge in [0.1, 0.15) is 11.3 Å². The van der Waals surface area contributed by atoms with E-state index in [1.807, 2.05) is 25.1 Å². The van der Waals surface area contributed by atoms with Crippen molar-refractivity contribution < 1.29 is 4.74 Å². The van der Waals surface area contributed by atoms with Crippen molar-refractivity contribution in [2.45, 2.75) is 33.6 Å². The van der Waals surface area contributed by atoms with Crippen molar-refractivity contribution in [3.63, 3.8) is 0 Å². The van der Waals surface area contributed by atoms with Crippen LogP contribution in [0, 0.1) is 12.8 Å². The fourth-order valence-corrected chi connectivity index (χ4v) is 2.26. The number of pyridine rings is 1. The maximum Gasteiger partial charge on any atom is 0.145 e. The molecule has 0 aliphatic heterocycles. The Hall–Kier alpha value is -1.61. The topological polar surface area (TPSA) is 34.1 Å². The van der Waals surface area contributed by atoms with E-state index in [4.69, 9.17) is 4.74 Å². The third-order valence-corrected chi connectivity index (χ3v) is 3.38. The second kappa shape index (κ2) is 7.99. The number of hydrogen-bond acceptors (Lipinski definition) is 3. The molecule has 0 atom stereocenters. The van der Waals surface area contributed by atoms with E-state index in [2.05, 4.69) is 36.3 Å². The van der Waals surface area contributed by atoms with Gasteiger partial charge in [0.2, 0.25) is 0 Å². The Morgan fingerprint density at radius 3 is 2.81 bits per heavy atom. The highest BCUT2D eigenvalue weighted by Gasteiger charge is 2.03. The number of rotatable bonds is 8. The van der Waals surface area contributed by atoms with E-state index in [0.29, 0.717) is 5.92 Å². The van der Waals surface area contributed by atoms with Gasteiger partial charge in [-0.05, 0) is 50.9 Å². The highest BCUT2D eigenvalue weighted by Crippen LogP contribution is 2.24. The van der Waals surface area contributed by atoms with Gasteiger partial charge >= 0.3 is 0 Å². The predicted molar refractivity (Wildman–Crippen MR) is 88.9 cm³/mol. The van der Waals surface area contributed by atoms with E-state index in [1.165, 1.54) is 0 Å². The lowest BCUT2D eigenvalue weighted by atomic mass is 10.2. The fourth-order valence-electron chi connectivity index (χ4n) is 2.26. The predicted octanol–water partition coefficient (Wildman–Crippen LogP) is 3.95. The van der Waals surface area contributed by atoms with Gasteiger partial charge in [0.15, 0.2) is 0 Å². The van der Waals surface area contributed by atoms with E-state index in [9.17, 15) is 0 Å².